The summed E-state index contributed by atoms with van der Waals surface area (Å²) in [5.41, 5.74) is 8.77. The van der Waals surface area contributed by atoms with Crippen molar-refractivity contribution in [3.8, 4) is 0 Å². The summed E-state index contributed by atoms with van der Waals surface area (Å²) in [5, 5.41) is 0. The molecule has 0 radical (unpaired) electrons. The first-order valence-electron chi connectivity index (χ1n) is 6.47. The normalized spacial score (nSPS) is 14.3. The van der Waals surface area contributed by atoms with E-state index in [0.29, 0.717) is 17.8 Å². The maximum atomic E-state index is 12.8. The number of para-hydroxylation sites is 1. The minimum Gasteiger partial charge on any atom is -0.398 e. The van der Waals surface area contributed by atoms with Gasteiger partial charge in [0.1, 0.15) is 0 Å². The quantitative estimate of drug-likeness (QED) is 0.863. The van der Waals surface area contributed by atoms with Gasteiger partial charge in [0.25, 0.3) is 10.0 Å². The summed E-state index contributed by atoms with van der Waals surface area (Å²) in [4.78, 5) is 0.286. The van der Waals surface area contributed by atoms with Crippen LogP contribution in [0.3, 0.4) is 0 Å². The Labute approximate surface area is 118 Å². The van der Waals surface area contributed by atoms with Gasteiger partial charge < -0.3 is 5.73 Å². The molecule has 0 saturated heterocycles. The lowest BCUT2D eigenvalue weighted by Gasteiger charge is -2.21. The molecule has 104 valence electrons. The maximum Gasteiger partial charge on any atom is 0.264 e. The van der Waals surface area contributed by atoms with Crippen LogP contribution >= 0.6 is 0 Å². The standard InChI is InChI=1S/C15H16N2O2S/c1-11-13(16)6-4-8-15(11)20(18,19)17-10-9-12-5-2-3-7-14(12)17/h2-8H,9-10,16H2,1H3. The summed E-state index contributed by atoms with van der Waals surface area (Å²) < 4.78 is 27.2. The number of sulfonamides is 1. The summed E-state index contributed by atoms with van der Waals surface area (Å²) in [5.74, 6) is 0. The number of nitrogens with zero attached hydrogens (tertiary/aromatic N) is 1. The first-order chi connectivity index (χ1) is 9.51. The van der Waals surface area contributed by atoms with Crippen molar-refractivity contribution < 1.29 is 8.42 Å². The van der Waals surface area contributed by atoms with E-state index in [-0.39, 0.29) is 4.90 Å². The van der Waals surface area contributed by atoms with E-state index in [1.54, 1.807) is 25.1 Å². The molecule has 4 nitrogen and oxygen atoms in total. The van der Waals surface area contributed by atoms with E-state index in [9.17, 15) is 8.42 Å². The molecule has 2 aromatic rings. The minimum atomic E-state index is -3.55. The van der Waals surface area contributed by atoms with Crippen LogP contribution in [0.5, 0.6) is 0 Å². The fourth-order valence-electron chi connectivity index (χ4n) is 2.59. The molecular weight excluding hydrogens is 272 g/mol. The third-order valence-corrected chi connectivity index (χ3v) is 5.70. The number of nitrogens with two attached hydrogens (primary N) is 1. The molecule has 0 bridgehead atoms. The fourth-order valence-corrected chi connectivity index (χ4v) is 4.35. The van der Waals surface area contributed by atoms with Crippen LogP contribution in [0.2, 0.25) is 0 Å². The molecule has 0 unspecified atom stereocenters. The summed E-state index contributed by atoms with van der Waals surface area (Å²) in [7, 11) is -3.55. The van der Waals surface area contributed by atoms with Crippen molar-refractivity contribution in [1.29, 1.82) is 0 Å². The third-order valence-electron chi connectivity index (χ3n) is 3.74. The zero-order chi connectivity index (χ0) is 14.3. The molecule has 5 heteroatoms. The molecule has 2 N–H and O–H groups in total. The summed E-state index contributed by atoms with van der Waals surface area (Å²) >= 11 is 0. The third kappa shape index (κ3) is 1.86. The summed E-state index contributed by atoms with van der Waals surface area (Å²) in [6, 6.07) is 12.6. The van der Waals surface area contributed by atoms with Gasteiger partial charge >= 0.3 is 0 Å². The van der Waals surface area contributed by atoms with Crippen LogP contribution in [0.4, 0.5) is 11.4 Å². The van der Waals surface area contributed by atoms with Gasteiger partial charge in [-0.05, 0) is 42.7 Å². The van der Waals surface area contributed by atoms with Crippen molar-refractivity contribution in [1.82, 2.24) is 0 Å². The first-order valence-corrected chi connectivity index (χ1v) is 7.91. The van der Waals surface area contributed by atoms with Gasteiger partial charge in [0.05, 0.1) is 10.6 Å². The molecular formula is C15H16N2O2S. The van der Waals surface area contributed by atoms with Gasteiger partial charge in [-0.15, -0.1) is 0 Å². The van der Waals surface area contributed by atoms with E-state index in [2.05, 4.69) is 0 Å². The molecule has 0 atom stereocenters. The molecule has 0 fully saturated rings. The number of hydrogen-bond acceptors (Lipinski definition) is 3. The van der Waals surface area contributed by atoms with Gasteiger partial charge in [0.2, 0.25) is 0 Å². The van der Waals surface area contributed by atoms with Crippen LogP contribution in [0.15, 0.2) is 47.4 Å². The average Bonchev–Trinajstić information content (AvgIpc) is 2.86. The van der Waals surface area contributed by atoms with Crippen LogP contribution in [0, 0.1) is 6.92 Å². The molecule has 0 aliphatic carbocycles. The molecule has 0 amide bonds. The molecule has 0 aromatic heterocycles. The lowest BCUT2D eigenvalue weighted by Crippen LogP contribution is -2.29. The molecule has 1 heterocycles. The number of benzene rings is 2. The highest BCUT2D eigenvalue weighted by Crippen LogP contribution is 2.34. The van der Waals surface area contributed by atoms with Crippen molar-refractivity contribution in [2.75, 3.05) is 16.6 Å². The summed E-state index contributed by atoms with van der Waals surface area (Å²) in [6.45, 7) is 2.22. The Morgan fingerprint density at radius 1 is 1.10 bits per heavy atom. The van der Waals surface area contributed by atoms with Crippen LogP contribution in [0.1, 0.15) is 11.1 Å². The minimum absolute atomic E-state index is 0.286. The SMILES string of the molecule is Cc1c(N)cccc1S(=O)(=O)N1CCc2ccccc21. The Morgan fingerprint density at radius 2 is 1.85 bits per heavy atom. The van der Waals surface area contributed by atoms with E-state index in [1.165, 1.54) is 4.31 Å². The van der Waals surface area contributed by atoms with Gasteiger partial charge in [0, 0.05) is 12.2 Å². The Morgan fingerprint density at radius 3 is 2.65 bits per heavy atom. The molecule has 1 aliphatic heterocycles. The van der Waals surface area contributed by atoms with E-state index < -0.39 is 10.0 Å². The van der Waals surface area contributed by atoms with Gasteiger partial charge in [-0.2, -0.15) is 0 Å². The van der Waals surface area contributed by atoms with Crippen LogP contribution < -0.4 is 10.0 Å². The van der Waals surface area contributed by atoms with Crippen molar-refractivity contribution in [2.45, 2.75) is 18.2 Å². The van der Waals surface area contributed by atoms with E-state index >= 15 is 0 Å². The predicted octanol–water partition coefficient (Wildman–Crippen LogP) is 2.33. The highest BCUT2D eigenvalue weighted by atomic mass is 32.2. The zero-order valence-corrected chi connectivity index (χ0v) is 12.0. The predicted molar refractivity (Wildman–Crippen MR) is 80.3 cm³/mol. The van der Waals surface area contributed by atoms with E-state index in [0.717, 1.165) is 17.7 Å². The Kier molecular flexibility index (Phi) is 2.94. The summed E-state index contributed by atoms with van der Waals surface area (Å²) in [6.07, 6.45) is 0.747. The maximum absolute atomic E-state index is 12.8. The monoisotopic (exact) mass is 288 g/mol. The second kappa shape index (κ2) is 4.52. The Balaban J connectivity index is 2.13. The zero-order valence-electron chi connectivity index (χ0n) is 11.2. The second-order valence-corrected chi connectivity index (χ2v) is 6.76. The fraction of sp³-hybridized carbons (Fsp3) is 0.200. The number of fused-ring (bicyclic) bond motifs is 1. The molecule has 0 spiro atoms. The van der Waals surface area contributed by atoms with Crippen LogP contribution in [-0.2, 0) is 16.4 Å². The number of rotatable bonds is 2. The van der Waals surface area contributed by atoms with Gasteiger partial charge in [0.15, 0.2) is 0 Å². The topological polar surface area (TPSA) is 63.4 Å². The average molecular weight is 288 g/mol. The molecule has 3 rings (SSSR count). The van der Waals surface area contributed by atoms with Crippen molar-refractivity contribution in [3.05, 3.63) is 53.6 Å². The van der Waals surface area contributed by atoms with Crippen molar-refractivity contribution >= 4 is 21.4 Å². The van der Waals surface area contributed by atoms with E-state index in [4.69, 9.17) is 5.73 Å². The van der Waals surface area contributed by atoms with Gasteiger partial charge in [-0.1, -0.05) is 24.3 Å². The lowest BCUT2D eigenvalue weighted by atomic mass is 10.2. The molecule has 1 aliphatic rings. The van der Waals surface area contributed by atoms with Crippen LogP contribution in [-0.4, -0.2) is 15.0 Å². The number of nitrogen functional groups attached to an aromatic ring is 1. The van der Waals surface area contributed by atoms with Crippen molar-refractivity contribution in [3.63, 3.8) is 0 Å². The number of anilines is 2. The lowest BCUT2D eigenvalue weighted by molar-refractivity contribution is 0.592. The largest absolute Gasteiger partial charge is 0.398 e. The second-order valence-electron chi connectivity index (χ2n) is 4.93. The molecule has 20 heavy (non-hydrogen) atoms. The van der Waals surface area contributed by atoms with Gasteiger partial charge in [-0.25, -0.2) is 8.42 Å². The van der Waals surface area contributed by atoms with Crippen LogP contribution in [0.25, 0.3) is 0 Å². The molecule has 0 saturated carbocycles. The highest BCUT2D eigenvalue weighted by Gasteiger charge is 2.31. The first kappa shape index (κ1) is 13.0. The Bertz CT molecular complexity index is 769. The van der Waals surface area contributed by atoms with Crippen molar-refractivity contribution in [2.24, 2.45) is 0 Å². The highest BCUT2D eigenvalue weighted by molar-refractivity contribution is 7.93. The molecule has 2 aromatic carbocycles. The van der Waals surface area contributed by atoms with E-state index in [1.807, 2.05) is 24.3 Å². The smallest absolute Gasteiger partial charge is 0.264 e. The number of hydrogen-bond donors (Lipinski definition) is 1. The Hall–Kier alpha value is -2.01. The van der Waals surface area contributed by atoms with Gasteiger partial charge in [-0.3, -0.25) is 4.31 Å².